The molecule has 0 radical (unpaired) electrons. The summed E-state index contributed by atoms with van der Waals surface area (Å²) in [6.45, 7) is 0.857. The smallest absolute Gasteiger partial charge is 0.237 e. The quantitative estimate of drug-likeness (QED) is 0.351. The zero-order valence-corrected chi connectivity index (χ0v) is 6.38. The van der Waals surface area contributed by atoms with E-state index in [1.165, 1.54) is 0 Å². The van der Waals surface area contributed by atoms with Crippen molar-refractivity contribution in [2.24, 2.45) is 0 Å². The highest BCUT2D eigenvalue weighted by molar-refractivity contribution is 4.90. The molecule has 0 aromatic heterocycles. The number of ether oxygens (including phenoxy) is 1. The highest BCUT2D eigenvalue weighted by Gasteiger charge is 2.50. The summed E-state index contributed by atoms with van der Waals surface area (Å²) in [5, 5.41) is 35.7. The van der Waals surface area contributed by atoms with Gasteiger partial charge in [0, 0.05) is 0 Å². The maximum absolute atomic E-state index is 13.0. The zero-order chi connectivity index (χ0) is 9.52. The lowest BCUT2D eigenvalue weighted by Gasteiger charge is -2.40. The fourth-order valence-electron chi connectivity index (χ4n) is 1.04. The minimum absolute atomic E-state index is 0.857. The van der Waals surface area contributed by atoms with Gasteiger partial charge < -0.3 is 25.2 Å². The van der Waals surface area contributed by atoms with Crippen molar-refractivity contribution in [3.8, 4) is 0 Å². The summed E-state index contributed by atoms with van der Waals surface area (Å²) in [7, 11) is 0. The van der Waals surface area contributed by atoms with E-state index in [4.69, 9.17) is 20.4 Å². The highest BCUT2D eigenvalue weighted by Crippen LogP contribution is 2.29. The molecule has 0 amide bonds. The van der Waals surface area contributed by atoms with Crippen LogP contribution in [0.2, 0.25) is 0 Å². The third kappa shape index (κ3) is 1.44. The van der Waals surface area contributed by atoms with Gasteiger partial charge in [-0.05, 0) is 6.92 Å². The Balaban J connectivity index is 2.78. The van der Waals surface area contributed by atoms with Crippen molar-refractivity contribution < 1.29 is 29.6 Å². The van der Waals surface area contributed by atoms with Crippen molar-refractivity contribution in [1.82, 2.24) is 0 Å². The summed E-state index contributed by atoms with van der Waals surface area (Å²) in [5.41, 5.74) is 0. The molecule has 1 heterocycles. The van der Waals surface area contributed by atoms with Crippen LogP contribution in [0.1, 0.15) is 6.92 Å². The number of alkyl halides is 1. The Hall–Kier alpha value is -0.270. The van der Waals surface area contributed by atoms with Crippen LogP contribution in [-0.4, -0.2) is 50.9 Å². The largest absolute Gasteiger partial charge is 0.387 e. The first-order valence-electron chi connectivity index (χ1n) is 3.45. The van der Waals surface area contributed by atoms with Crippen LogP contribution < -0.4 is 0 Å². The molecule has 0 aromatic carbocycles. The summed E-state index contributed by atoms with van der Waals surface area (Å²) < 4.78 is 17.2. The first-order valence-corrected chi connectivity index (χ1v) is 3.45. The normalized spacial score (nSPS) is 55.5. The minimum atomic E-state index is -2.54. The molecule has 0 aromatic rings. The van der Waals surface area contributed by atoms with Gasteiger partial charge in [0.1, 0.15) is 18.3 Å². The second-order valence-electron chi connectivity index (χ2n) is 2.92. The number of hydrogen-bond acceptors (Lipinski definition) is 5. The van der Waals surface area contributed by atoms with E-state index in [0.717, 1.165) is 6.92 Å². The molecule has 0 saturated carbocycles. The lowest BCUT2D eigenvalue weighted by molar-refractivity contribution is -0.352. The number of hydrogen-bond donors (Lipinski definition) is 4. The van der Waals surface area contributed by atoms with Crippen LogP contribution in [-0.2, 0) is 4.74 Å². The molecule has 1 fully saturated rings. The minimum Gasteiger partial charge on any atom is -0.387 e. The SMILES string of the molecule is C[C@@]1(F)OC(O)[C@@H](O)[C@@H](O)[C@@H]1O. The van der Waals surface area contributed by atoms with Crippen LogP contribution in [0.25, 0.3) is 0 Å². The predicted molar refractivity (Wildman–Crippen MR) is 34.6 cm³/mol. The fourth-order valence-corrected chi connectivity index (χ4v) is 1.04. The van der Waals surface area contributed by atoms with Crippen LogP contribution in [0.4, 0.5) is 4.39 Å². The van der Waals surface area contributed by atoms with Gasteiger partial charge in [-0.1, -0.05) is 0 Å². The number of halogens is 1. The Morgan fingerprint density at radius 2 is 1.67 bits per heavy atom. The fraction of sp³-hybridized carbons (Fsp3) is 1.00. The topological polar surface area (TPSA) is 90.2 Å². The molecule has 5 nitrogen and oxygen atoms in total. The molecule has 1 rings (SSSR count). The lowest BCUT2D eigenvalue weighted by Crippen LogP contribution is -2.61. The van der Waals surface area contributed by atoms with Gasteiger partial charge in [0.25, 0.3) is 0 Å². The van der Waals surface area contributed by atoms with E-state index in [2.05, 4.69) is 4.74 Å². The van der Waals surface area contributed by atoms with Gasteiger partial charge in [-0.25, -0.2) is 4.39 Å². The Morgan fingerprint density at radius 3 is 2.17 bits per heavy atom. The second kappa shape index (κ2) is 2.90. The summed E-state index contributed by atoms with van der Waals surface area (Å²) in [6.07, 6.45) is -7.12. The van der Waals surface area contributed by atoms with Gasteiger partial charge in [0.15, 0.2) is 6.29 Å². The summed E-state index contributed by atoms with van der Waals surface area (Å²) >= 11 is 0. The van der Waals surface area contributed by atoms with E-state index in [9.17, 15) is 4.39 Å². The van der Waals surface area contributed by atoms with Crippen LogP contribution in [0.5, 0.6) is 0 Å². The third-order valence-electron chi connectivity index (χ3n) is 1.85. The van der Waals surface area contributed by atoms with Gasteiger partial charge in [-0.3, -0.25) is 0 Å². The van der Waals surface area contributed by atoms with Gasteiger partial charge in [-0.2, -0.15) is 0 Å². The maximum Gasteiger partial charge on any atom is 0.237 e. The van der Waals surface area contributed by atoms with E-state index in [1.807, 2.05) is 0 Å². The van der Waals surface area contributed by atoms with E-state index >= 15 is 0 Å². The van der Waals surface area contributed by atoms with Crippen LogP contribution >= 0.6 is 0 Å². The predicted octanol–water partition coefficient (Wildman–Crippen LogP) is -1.90. The van der Waals surface area contributed by atoms with Crippen LogP contribution in [0.15, 0.2) is 0 Å². The average molecular weight is 182 g/mol. The Kier molecular flexibility index (Phi) is 2.37. The van der Waals surface area contributed by atoms with E-state index in [-0.39, 0.29) is 0 Å². The Bertz CT molecular complexity index is 173. The van der Waals surface area contributed by atoms with Crippen LogP contribution in [0.3, 0.4) is 0 Å². The summed E-state index contributed by atoms with van der Waals surface area (Å²) in [5.74, 6) is -2.54. The van der Waals surface area contributed by atoms with Gasteiger partial charge >= 0.3 is 0 Å². The number of rotatable bonds is 0. The standard InChI is InChI=1S/C6H11FO5/c1-6(7)4(10)2(8)3(9)5(11)12-6/h2-5,8-11H,1H3/t2-,3+,4+,5?,6-/m1/s1. The van der Waals surface area contributed by atoms with E-state index in [0.29, 0.717) is 0 Å². The van der Waals surface area contributed by atoms with Crippen molar-refractivity contribution in [2.45, 2.75) is 37.4 Å². The number of aliphatic hydroxyl groups is 4. The number of aliphatic hydroxyl groups excluding tert-OH is 4. The zero-order valence-electron chi connectivity index (χ0n) is 6.38. The molecule has 1 aliphatic rings. The van der Waals surface area contributed by atoms with Gasteiger partial charge in [0.05, 0.1) is 0 Å². The van der Waals surface area contributed by atoms with E-state index < -0.39 is 30.5 Å². The molecule has 1 unspecified atom stereocenters. The molecule has 0 spiro atoms. The molecule has 5 atom stereocenters. The Morgan fingerprint density at radius 1 is 1.17 bits per heavy atom. The highest BCUT2D eigenvalue weighted by atomic mass is 19.2. The molecular formula is C6H11FO5. The van der Waals surface area contributed by atoms with Crippen LogP contribution in [0, 0.1) is 0 Å². The molecule has 6 heteroatoms. The first kappa shape index (κ1) is 9.82. The van der Waals surface area contributed by atoms with Crippen molar-refractivity contribution >= 4 is 0 Å². The molecule has 1 aliphatic heterocycles. The maximum atomic E-state index is 13.0. The summed E-state index contributed by atoms with van der Waals surface area (Å²) in [6, 6.07) is 0. The van der Waals surface area contributed by atoms with E-state index in [1.54, 1.807) is 0 Å². The molecule has 4 N–H and O–H groups in total. The molecular weight excluding hydrogens is 171 g/mol. The summed E-state index contributed by atoms with van der Waals surface area (Å²) in [4.78, 5) is 0. The third-order valence-corrected chi connectivity index (χ3v) is 1.85. The average Bonchev–Trinajstić information content (AvgIpc) is 1.97. The molecule has 72 valence electrons. The van der Waals surface area contributed by atoms with Gasteiger partial charge in [0.2, 0.25) is 5.85 Å². The van der Waals surface area contributed by atoms with Crippen molar-refractivity contribution in [3.05, 3.63) is 0 Å². The van der Waals surface area contributed by atoms with Crippen molar-refractivity contribution in [1.29, 1.82) is 0 Å². The van der Waals surface area contributed by atoms with Crippen molar-refractivity contribution in [3.63, 3.8) is 0 Å². The molecule has 0 aliphatic carbocycles. The lowest BCUT2D eigenvalue weighted by atomic mass is 9.98. The molecule has 0 bridgehead atoms. The van der Waals surface area contributed by atoms with Gasteiger partial charge in [-0.15, -0.1) is 0 Å². The van der Waals surface area contributed by atoms with Crippen molar-refractivity contribution in [2.75, 3.05) is 0 Å². The Labute approximate surface area is 68.0 Å². The second-order valence-corrected chi connectivity index (χ2v) is 2.92. The molecule has 12 heavy (non-hydrogen) atoms. The molecule has 1 saturated heterocycles. The monoisotopic (exact) mass is 182 g/mol. The first-order chi connectivity index (χ1) is 5.36.